The molecule has 0 unspecified atom stereocenters. The lowest BCUT2D eigenvalue weighted by Gasteiger charge is -2.17. The van der Waals surface area contributed by atoms with Gasteiger partial charge in [0, 0.05) is 82.5 Å². The van der Waals surface area contributed by atoms with Crippen LogP contribution in [0.3, 0.4) is 0 Å². The summed E-state index contributed by atoms with van der Waals surface area (Å²) in [6, 6.07) is 28.1. The molecular weight excluding hydrogens is 795 g/mol. The Hall–Kier alpha value is -6.18. The highest BCUT2D eigenvalue weighted by atomic mass is 19.1. The van der Waals surface area contributed by atoms with Crippen molar-refractivity contribution in [3.8, 4) is 22.3 Å². The molecule has 62 heavy (non-hydrogen) atoms. The first-order chi connectivity index (χ1) is 29.8. The van der Waals surface area contributed by atoms with E-state index in [0.29, 0.717) is 11.8 Å². The van der Waals surface area contributed by atoms with Gasteiger partial charge in [-0.1, -0.05) is 85.0 Å². The molecule has 4 atom stereocenters. The van der Waals surface area contributed by atoms with Gasteiger partial charge in [-0.2, -0.15) is 0 Å². The average Bonchev–Trinajstić information content (AvgIpc) is 4.17. The van der Waals surface area contributed by atoms with Gasteiger partial charge in [0.15, 0.2) is 0 Å². The molecule has 2 heterocycles. The number of carbonyl (C=O) groups excluding carboxylic acids is 2. The van der Waals surface area contributed by atoms with Crippen LogP contribution in [0.1, 0.15) is 85.7 Å². The summed E-state index contributed by atoms with van der Waals surface area (Å²) in [5.41, 5.74) is 8.76. The van der Waals surface area contributed by atoms with Gasteiger partial charge < -0.3 is 40.2 Å². The molecule has 0 radical (unpaired) electrons. The number of carbonyl (C=O) groups is 2. The number of benzene rings is 4. The van der Waals surface area contributed by atoms with E-state index in [0.717, 1.165) is 92.3 Å². The van der Waals surface area contributed by atoms with Crippen LogP contribution < -0.4 is 10.2 Å². The third-order valence-corrected chi connectivity index (χ3v) is 10.9. The zero-order valence-corrected chi connectivity index (χ0v) is 33.7. The number of aromatic nitrogens is 2. The Balaban J connectivity index is 0.000000186. The number of rotatable bonds is 16. The number of pyridine rings is 2. The molecule has 10 nitrogen and oxygen atoms in total. The number of carboxylic acid groups (broad SMARTS) is 2. The lowest BCUT2D eigenvalue weighted by molar-refractivity contribution is -0.309. The maximum absolute atomic E-state index is 13.6. The molecule has 2 aliphatic rings. The van der Waals surface area contributed by atoms with E-state index in [1.807, 2.05) is 48.5 Å². The molecule has 0 spiro atoms. The molecule has 0 bridgehead atoms. The van der Waals surface area contributed by atoms with Crippen LogP contribution in [0.5, 0.6) is 0 Å². The third kappa shape index (κ3) is 11.2. The Kier molecular flexibility index (Phi) is 13.9. The van der Waals surface area contributed by atoms with Gasteiger partial charge in [-0.25, -0.2) is 8.78 Å². The lowest BCUT2D eigenvalue weighted by Crippen LogP contribution is -2.29. The third-order valence-electron chi connectivity index (χ3n) is 10.9. The number of hydrogen-bond donors (Lipinski definition) is 4. The largest absolute Gasteiger partial charge is 0.550 e. The van der Waals surface area contributed by atoms with E-state index in [2.05, 4.69) is 0 Å². The number of aliphatic carboxylic acids is 2. The monoisotopic (exact) mass is 840 g/mol. The van der Waals surface area contributed by atoms with E-state index < -0.39 is 49.2 Å². The van der Waals surface area contributed by atoms with Crippen LogP contribution in [0.15, 0.2) is 109 Å². The number of halogens is 2. The second kappa shape index (κ2) is 19.7. The molecule has 4 aromatic carbocycles. The second-order valence-electron chi connectivity index (χ2n) is 16.0. The number of aliphatic hydroxyl groups excluding tert-OH is 4. The van der Waals surface area contributed by atoms with Crippen LogP contribution in [-0.4, -0.2) is 66.7 Å². The fourth-order valence-corrected chi connectivity index (χ4v) is 7.70. The molecule has 320 valence electrons. The predicted octanol–water partition coefficient (Wildman–Crippen LogP) is 6.37. The van der Waals surface area contributed by atoms with Crippen LogP contribution in [0.4, 0.5) is 8.78 Å². The van der Waals surface area contributed by atoms with Crippen LogP contribution >= 0.6 is 0 Å². The Morgan fingerprint density at radius 3 is 1.27 bits per heavy atom. The van der Waals surface area contributed by atoms with E-state index in [4.69, 9.17) is 9.97 Å². The predicted molar refractivity (Wildman–Crippen MR) is 229 cm³/mol. The Bertz CT molecular complexity index is 2430. The Morgan fingerprint density at radius 1 is 0.581 bits per heavy atom. The summed E-state index contributed by atoms with van der Waals surface area (Å²) in [6.07, 6.45) is 5.02. The Morgan fingerprint density at radius 2 is 0.935 bits per heavy atom. The summed E-state index contributed by atoms with van der Waals surface area (Å²) in [6.45, 7) is 0. The minimum absolute atomic E-state index is 0.115. The van der Waals surface area contributed by atoms with Crippen molar-refractivity contribution in [3.05, 3.63) is 143 Å². The number of fused-ring (bicyclic) bond motifs is 2. The summed E-state index contributed by atoms with van der Waals surface area (Å²) in [7, 11) is 0. The first-order valence-electron chi connectivity index (χ1n) is 20.7. The molecular formula is C50H46F2N2O8-2. The van der Waals surface area contributed by atoms with Crippen molar-refractivity contribution in [1.82, 2.24) is 9.97 Å². The number of aliphatic hydroxyl groups is 4. The second-order valence-corrected chi connectivity index (χ2v) is 16.0. The minimum atomic E-state index is -1.36. The van der Waals surface area contributed by atoms with Crippen molar-refractivity contribution < 1.29 is 49.0 Å². The topological polar surface area (TPSA) is 187 Å². The summed E-state index contributed by atoms with van der Waals surface area (Å²) in [4.78, 5) is 31.0. The van der Waals surface area contributed by atoms with Crippen LogP contribution in [-0.2, 0) is 9.59 Å². The van der Waals surface area contributed by atoms with Gasteiger partial charge in [-0.05, 0) is 73.2 Å². The van der Waals surface area contributed by atoms with E-state index in [1.165, 1.54) is 24.3 Å². The van der Waals surface area contributed by atoms with Crippen LogP contribution in [0.25, 0.3) is 56.2 Å². The lowest BCUT2D eigenvalue weighted by atomic mass is 9.92. The maximum atomic E-state index is 13.6. The van der Waals surface area contributed by atoms with Gasteiger partial charge in [-0.15, -0.1) is 0 Å². The quantitative estimate of drug-likeness (QED) is 0.0854. The summed E-state index contributed by atoms with van der Waals surface area (Å²) in [5, 5.41) is 63.3. The molecule has 12 heteroatoms. The first-order valence-corrected chi connectivity index (χ1v) is 20.7. The fourth-order valence-electron chi connectivity index (χ4n) is 7.70. The highest BCUT2D eigenvalue weighted by Gasteiger charge is 2.31. The fraction of sp³-hybridized carbons (Fsp3) is 0.280. The van der Waals surface area contributed by atoms with Gasteiger partial charge in [-0.3, -0.25) is 9.97 Å². The van der Waals surface area contributed by atoms with Crippen LogP contribution in [0.2, 0.25) is 0 Å². The molecule has 6 aromatic rings. The van der Waals surface area contributed by atoms with Gasteiger partial charge in [0.05, 0.1) is 46.8 Å². The first kappa shape index (κ1) is 43.9. The number of carboxylic acids is 2. The van der Waals surface area contributed by atoms with Crippen molar-refractivity contribution in [2.45, 2.75) is 87.6 Å². The van der Waals surface area contributed by atoms with Crippen LogP contribution in [0, 0.1) is 11.6 Å². The zero-order chi connectivity index (χ0) is 43.9. The maximum Gasteiger partial charge on any atom is 0.123 e. The molecule has 2 saturated carbocycles. The van der Waals surface area contributed by atoms with Crippen molar-refractivity contribution in [2.24, 2.45) is 0 Å². The molecule has 2 aromatic heterocycles. The minimum Gasteiger partial charge on any atom is -0.550 e. The van der Waals surface area contributed by atoms with Gasteiger partial charge in [0.25, 0.3) is 0 Å². The number of nitrogens with zero attached hydrogens (tertiary/aromatic N) is 2. The number of para-hydroxylation sites is 2. The highest BCUT2D eigenvalue weighted by Crippen LogP contribution is 2.47. The van der Waals surface area contributed by atoms with E-state index in [1.54, 1.807) is 48.6 Å². The number of hydrogen-bond acceptors (Lipinski definition) is 10. The van der Waals surface area contributed by atoms with Crippen molar-refractivity contribution in [2.75, 3.05) is 0 Å². The molecule has 4 N–H and O–H groups in total. The normalized spacial score (nSPS) is 16.0. The SMILES string of the molecule is O=C([O-])C[C@H](O)C[C@H](O)/C=C/c1c(C2CC2)nc2ccccc2c1-c1ccc(F)cc1.O=C([O-])C[C@H](O)C[C@H](O)/C=C/c1c(C2CC2)nc2ccccc2c1-c1ccc(F)cc1. The Labute approximate surface area is 357 Å². The van der Waals surface area contributed by atoms with Gasteiger partial charge in [0.1, 0.15) is 11.6 Å². The average molecular weight is 841 g/mol. The summed E-state index contributed by atoms with van der Waals surface area (Å²) >= 11 is 0. The van der Waals surface area contributed by atoms with Crippen molar-refractivity contribution in [3.63, 3.8) is 0 Å². The van der Waals surface area contributed by atoms with E-state index in [9.17, 15) is 49.0 Å². The molecule has 0 saturated heterocycles. The van der Waals surface area contributed by atoms with Gasteiger partial charge in [0.2, 0.25) is 0 Å². The van der Waals surface area contributed by atoms with Gasteiger partial charge >= 0.3 is 0 Å². The zero-order valence-electron chi connectivity index (χ0n) is 33.7. The van der Waals surface area contributed by atoms with E-state index in [-0.39, 0.29) is 24.5 Å². The summed E-state index contributed by atoms with van der Waals surface area (Å²) < 4.78 is 27.1. The van der Waals surface area contributed by atoms with Crippen molar-refractivity contribution in [1.29, 1.82) is 0 Å². The molecule has 0 amide bonds. The van der Waals surface area contributed by atoms with E-state index >= 15 is 0 Å². The summed E-state index contributed by atoms with van der Waals surface area (Å²) in [5.74, 6) is -2.72. The smallest absolute Gasteiger partial charge is 0.123 e. The molecule has 2 aliphatic carbocycles. The molecule has 0 aliphatic heterocycles. The molecule has 8 rings (SSSR count). The van der Waals surface area contributed by atoms with Crippen molar-refractivity contribution >= 4 is 45.9 Å². The standard InChI is InChI=1S/2C25H24FNO4/c2*26-17-9-7-15(8-10-17)24-20-3-1-2-4-22(20)27-25(16-5-6-16)21(24)12-11-18(28)13-19(29)14-23(30)31/h2*1-4,7-12,16,18-19,28-29H,5-6,13-14H2,(H,30,31)/p-2/b2*12-11+/t2*18-,19-/m11/s1. The molecule has 2 fully saturated rings. The highest BCUT2D eigenvalue weighted by molar-refractivity contribution is 6.00.